The van der Waals surface area contributed by atoms with Gasteiger partial charge in [0.05, 0.1) is 5.69 Å². The highest BCUT2D eigenvalue weighted by Crippen LogP contribution is 2.34. The van der Waals surface area contributed by atoms with Gasteiger partial charge in [-0.15, -0.1) is 11.3 Å². The van der Waals surface area contributed by atoms with Crippen LogP contribution in [0.4, 0.5) is 5.13 Å². The van der Waals surface area contributed by atoms with Crippen molar-refractivity contribution in [3.05, 3.63) is 94.8 Å². The predicted molar refractivity (Wildman–Crippen MR) is 114 cm³/mol. The Hall–Kier alpha value is -2.92. The Morgan fingerprint density at radius 3 is 2.79 bits per heavy atom. The number of fused-ring (bicyclic) bond motifs is 1. The molecule has 2 aromatic carbocycles. The Morgan fingerprint density at radius 2 is 1.93 bits per heavy atom. The fourth-order valence-corrected chi connectivity index (χ4v) is 4.82. The quantitative estimate of drug-likeness (QED) is 0.492. The largest absolute Gasteiger partial charge is 0.343 e. The molecule has 0 N–H and O–H groups in total. The Morgan fingerprint density at radius 1 is 1.04 bits per heavy atom. The summed E-state index contributed by atoms with van der Waals surface area (Å²) in [6, 6.07) is 19.3. The second kappa shape index (κ2) is 7.24. The molecule has 0 aliphatic carbocycles. The van der Waals surface area contributed by atoms with Gasteiger partial charge in [0.1, 0.15) is 0 Å². The van der Waals surface area contributed by atoms with Crippen LogP contribution in [0.3, 0.4) is 0 Å². The molecular weight excluding hydrogens is 364 g/mol. The minimum absolute atomic E-state index is 0.304. The summed E-state index contributed by atoms with van der Waals surface area (Å²) in [4.78, 5) is 8.46. The highest BCUT2D eigenvalue weighted by molar-refractivity contribution is 7.15. The lowest BCUT2D eigenvalue weighted by molar-refractivity contribution is 0.729. The minimum atomic E-state index is 0.304. The first-order chi connectivity index (χ1) is 13.8. The average molecular weight is 387 g/mol. The zero-order chi connectivity index (χ0) is 18.9. The van der Waals surface area contributed by atoms with Crippen molar-refractivity contribution in [1.82, 2.24) is 14.8 Å². The van der Waals surface area contributed by atoms with Gasteiger partial charge < -0.3 is 4.90 Å². The molecule has 1 aliphatic rings. The summed E-state index contributed by atoms with van der Waals surface area (Å²) in [6.07, 6.45) is 6.92. The first-order valence-corrected chi connectivity index (χ1v) is 10.5. The summed E-state index contributed by atoms with van der Waals surface area (Å²) in [7, 11) is 0. The fourth-order valence-electron chi connectivity index (χ4n) is 3.80. The van der Waals surface area contributed by atoms with E-state index < -0.39 is 0 Å². The normalized spacial score (nSPS) is 14.7. The van der Waals surface area contributed by atoms with Crippen molar-refractivity contribution < 1.29 is 0 Å². The number of aromatic nitrogens is 3. The number of hydrogen-bond donors (Lipinski definition) is 0. The maximum Gasteiger partial charge on any atom is 0.185 e. The van der Waals surface area contributed by atoms with Gasteiger partial charge in [-0.05, 0) is 41.3 Å². The van der Waals surface area contributed by atoms with E-state index in [0.717, 1.165) is 30.3 Å². The van der Waals surface area contributed by atoms with E-state index in [2.05, 4.69) is 65.5 Å². The molecular formula is C23H22N4S. The summed E-state index contributed by atoms with van der Waals surface area (Å²) in [5, 5.41) is 5.47. The van der Waals surface area contributed by atoms with Crippen LogP contribution < -0.4 is 4.90 Å². The maximum absolute atomic E-state index is 4.76. The number of anilines is 1. The standard InChI is InChI=1S/C23H22N4S/c1-17(19-8-4-9-21(14-19)27-12-5-11-25-27)22-15-24-23(28-22)26-13-10-18-6-2-3-7-20(18)16-26/h2-9,11-12,14-15,17H,10,13,16H2,1H3. The summed E-state index contributed by atoms with van der Waals surface area (Å²) in [5.74, 6) is 0.304. The van der Waals surface area contributed by atoms with E-state index in [9.17, 15) is 0 Å². The molecule has 0 amide bonds. The van der Waals surface area contributed by atoms with E-state index in [4.69, 9.17) is 4.98 Å². The van der Waals surface area contributed by atoms with E-state index >= 15 is 0 Å². The first kappa shape index (κ1) is 17.2. The van der Waals surface area contributed by atoms with Crippen LogP contribution in [-0.4, -0.2) is 21.3 Å². The first-order valence-electron chi connectivity index (χ1n) is 9.65. The predicted octanol–water partition coefficient (Wildman–Crippen LogP) is 5.04. The third kappa shape index (κ3) is 3.22. The number of rotatable bonds is 4. The molecule has 28 heavy (non-hydrogen) atoms. The lowest BCUT2D eigenvalue weighted by Crippen LogP contribution is -2.30. The molecule has 5 rings (SSSR count). The second-order valence-electron chi connectivity index (χ2n) is 7.25. The van der Waals surface area contributed by atoms with Gasteiger partial charge in [-0.2, -0.15) is 5.10 Å². The van der Waals surface area contributed by atoms with Crippen molar-refractivity contribution in [2.24, 2.45) is 0 Å². The van der Waals surface area contributed by atoms with Crippen LogP contribution >= 0.6 is 11.3 Å². The second-order valence-corrected chi connectivity index (χ2v) is 8.29. The van der Waals surface area contributed by atoms with Crippen molar-refractivity contribution >= 4 is 16.5 Å². The Balaban J connectivity index is 1.37. The van der Waals surface area contributed by atoms with Crippen molar-refractivity contribution in [1.29, 1.82) is 0 Å². The molecule has 1 unspecified atom stereocenters. The lowest BCUT2D eigenvalue weighted by atomic mass is 10.00. The molecule has 0 spiro atoms. The number of benzene rings is 2. The van der Waals surface area contributed by atoms with Crippen LogP contribution in [0.25, 0.3) is 5.69 Å². The van der Waals surface area contributed by atoms with Gasteiger partial charge in [-0.3, -0.25) is 0 Å². The minimum Gasteiger partial charge on any atom is -0.343 e. The van der Waals surface area contributed by atoms with Crippen LogP contribution in [0.5, 0.6) is 0 Å². The van der Waals surface area contributed by atoms with Crippen molar-refractivity contribution in [2.45, 2.75) is 25.8 Å². The van der Waals surface area contributed by atoms with Gasteiger partial charge in [0.15, 0.2) is 5.13 Å². The van der Waals surface area contributed by atoms with Crippen LogP contribution in [0.2, 0.25) is 0 Å². The number of nitrogens with zero attached hydrogens (tertiary/aromatic N) is 4. The molecule has 5 heteroatoms. The van der Waals surface area contributed by atoms with Crippen LogP contribution in [0, 0.1) is 0 Å². The molecule has 0 fully saturated rings. The van der Waals surface area contributed by atoms with Crippen molar-refractivity contribution in [3.63, 3.8) is 0 Å². The van der Waals surface area contributed by atoms with Gasteiger partial charge in [0.25, 0.3) is 0 Å². The summed E-state index contributed by atoms with van der Waals surface area (Å²) in [6.45, 7) is 4.24. The molecule has 2 aromatic heterocycles. The van der Waals surface area contributed by atoms with Gasteiger partial charge in [0.2, 0.25) is 0 Å². The van der Waals surface area contributed by atoms with Crippen molar-refractivity contribution in [2.75, 3.05) is 11.4 Å². The van der Waals surface area contributed by atoms with Crippen LogP contribution in [0.15, 0.2) is 73.2 Å². The van der Waals surface area contributed by atoms with Crippen LogP contribution in [0.1, 0.15) is 34.4 Å². The Labute approximate surface area is 169 Å². The summed E-state index contributed by atoms with van der Waals surface area (Å²) < 4.78 is 1.90. The monoisotopic (exact) mass is 386 g/mol. The fraction of sp³-hybridized carbons (Fsp3) is 0.217. The molecule has 0 saturated carbocycles. The molecule has 0 radical (unpaired) electrons. The lowest BCUT2D eigenvalue weighted by Gasteiger charge is -2.28. The molecule has 0 bridgehead atoms. The smallest absolute Gasteiger partial charge is 0.185 e. The number of hydrogen-bond acceptors (Lipinski definition) is 4. The summed E-state index contributed by atoms with van der Waals surface area (Å²) in [5.41, 5.74) is 5.27. The number of thiazole rings is 1. The zero-order valence-electron chi connectivity index (χ0n) is 15.8. The molecule has 0 saturated heterocycles. The highest BCUT2D eigenvalue weighted by atomic mass is 32.1. The van der Waals surface area contributed by atoms with Gasteiger partial charge in [0, 0.05) is 42.5 Å². The Kier molecular flexibility index (Phi) is 4.45. The molecule has 3 heterocycles. The third-order valence-corrected chi connectivity index (χ3v) is 6.72. The maximum atomic E-state index is 4.76. The molecule has 140 valence electrons. The molecule has 4 nitrogen and oxygen atoms in total. The molecule has 1 atom stereocenters. The van der Waals surface area contributed by atoms with E-state index in [-0.39, 0.29) is 0 Å². The summed E-state index contributed by atoms with van der Waals surface area (Å²) >= 11 is 1.81. The van der Waals surface area contributed by atoms with Crippen molar-refractivity contribution in [3.8, 4) is 5.69 Å². The van der Waals surface area contributed by atoms with E-state index in [1.807, 2.05) is 40.7 Å². The third-order valence-electron chi connectivity index (χ3n) is 5.48. The van der Waals surface area contributed by atoms with E-state index in [0.29, 0.717) is 5.92 Å². The van der Waals surface area contributed by atoms with Gasteiger partial charge >= 0.3 is 0 Å². The van der Waals surface area contributed by atoms with Gasteiger partial charge in [-0.1, -0.05) is 43.3 Å². The van der Waals surface area contributed by atoms with Crippen LogP contribution in [-0.2, 0) is 13.0 Å². The van der Waals surface area contributed by atoms with E-state index in [1.165, 1.54) is 21.6 Å². The highest BCUT2D eigenvalue weighted by Gasteiger charge is 2.20. The molecule has 1 aliphatic heterocycles. The Bertz CT molecular complexity index is 1080. The molecule has 4 aromatic rings. The van der Waals surface area contributed by atoms with Gasteiger partial charge in [-0.25, -0.2) is 9.67 Å². The SMILES string of the molecule is CC(c1cccc(-n2cccn2)c1)c1cnc(N2CCc3ccccc3C2)s1. The zero-order valence-corrected chi connectivity index (χ0v) is 16.6. The average Bonchev–Trinajstić information content (AvgIpc) is 3.45. The van der Waals surface area contributed by atoms with E-state index in [1.54, 1.807) is 0 Å². The topological polar surface area (TPSA) is 34.0 Å².